The molecule has 1 amide bonds. The number of hydrogen-bond donors (Lipinski definition) is 0. The van der Waals surface area contributed by atoms with Gasteiger partial charge in [-0.15, -0.1) is 11.3 Å². The molecular weight excluding hydrogens is 555 g/mol. The molecule has 12 heteroatoms. The van der Waals surface area contributed by atoms with E-state index in [1.165, 1.54) is 29.5 Å². The first-order chi connectivity index (χ1) is 18.4. The topological polar surface area (TPSA) is 72.6 Å². The van der Waals surface area contributed by atoms with Gasteiger partial charge in [-0.3, -0.25) is 4.79 Å². The molecule has 1 unspecified atom stereocenters. The van der Waals surface area contributed by atoms with Crippen molar-refractivity contribution in [2.24, 2.45) is 5.16 Å². The van der Waals surface area contributed by atoms with Crippen molar-refractivity contribution in [3.8, 4) is 0 Å². The standard InChI is InChI=1S/C26H21Cl2F2N5O2S/c27-15-8-20-22(9-16(15)28)35(13-31-20)11-24(36)34-6-4-14(5-7-34)26-32-21(12-38-26)19-10-23(37-33-19)25-17(29)2-1-3-18(25)30/h1-3,8-9,12-14,23H,4-7,10-11H2. The number of halogens is 4. The third-order valence-corrected chi connectivity index (χ3v) is 8.70. The van der Waals surface area contributed by atoms with E-state index in [0.717, 1.165) is 23.4 Å². The smallest absolute Gasteiger partial charge is 0.242 e. The molecule has 2 aromatic heterocycles. The molecule has 1 saturated heterocycles. The lowest BCUT2D eigenvalue weighted by molar-refractivity contribution is -0.132. The lowest BCUT2D eigenvalue weighted by Crippen LogP contribution is -2.39. The summed E-state index contributed by atoms with van der Waals surface area (Å²) >= 11 is 13.7. The lowest BCUT2D eigenvalue weighted by atomic mass is 9.97. The summed E-state index contributed by atoms with van der Waals surface area (Å²) in [5.74, 6) is -1.07. The Kier molecular flexibility index (Phi) is 6.79. The zero-order valence-corrected chi connectivity index (χ0v) is 22.2. The molecule has 4 heterocycles. The second kappa shape index (κ2) is 10.2. The van der Waals surface area contributed by atoms with Gasteiger partial charge in [-0.25, -0.2) is 18.7 Å². The maximum Gasteiger partial charge on any atom is 0.242 e. The van der Waals surface area contributed by atoms with Crippen molar-refractivity contribution in [1.82, 2.24) is 19.4 Å². The first kappa shape index (κ1) is 25.2. The lowest BCUT2D eigenvalue weighted by Gasteiger charge is -2.31. The number of amides is 1. The fourth-order valence-electron chi connectivity index (χ4n) is 4.91. The second-order valence-electron chi connectivity index (χ2n) is 9.33. The fourth-order valence-corrected chi connectivity index (χ4v) is 6.23. The number of carbonyl (C=O) groups is 1. The van der Waals surface area contributed by atoms with Crippen LogP contribution in [0.1, 0.15) is 47.5 Å². The quantitative estimate of drug-likeness (QED) is 0.278. The molecule has 38 heavy (non-hydrogen) atoms. The van der Waals surface area contributed by atoms with Crippen molar-refractivity contribution >= 4 is 57.2 Å². The summed E-state index contributed by atoms with van der Waals surface area (Å²) in [6.07, 6.45) is 2.63. The van der Waals surface area contributed by atoms with E-state index in [0.29, 0.717) is 40.1 Å². The van der Waals surface area contributed by atoms with Gasteiger partial charge < -0.3 is 14.3 Å². The summed E-state index contributed by atoms with van der Waals surface area (Å²) in [7, 11) is 0. The molecule has 2 aliphatic rings. The Balaban J connectivity index is 1.06. The van der Waals surface area contributed by atoms with E-state index in [4.69, 9.17) is 33.0 Å². The number of benzene rings is 2. The van der Waals surface area contributed by atoms with Crippen LogP contribution < -0.4 is 0 Å². The molecule has 0 aliphatic carbocycles. The number of piperidine rings is 1. The summed E-state index contributed by atoms with van der Waals surface area (Å²) in [6.45, 7) is 1.41. The molecule has 0 saturated carbocycles. The van der Waals surface area contributed by atoms with Crippen molar-refractivity contribution in [3.05, 3.63) is 80.0 Å². The van der Waals surface area contributed by atoms with Gasteiger partial charge in [-0.05, 0) is 37.1 Å². The third kappa shape index (κ3) is 4.76. The van der Waals surface area contributed by atoms with E-state index in [2.05, 4.69) is 10.1 Å². The third-order valence-electron chi connectivity index (χ3n) is 6.97. The number of imidazole rings is 1. The molecule has 7 nitrogen and oxygen atoms in total. The van der Waals surface area contributed by atoms with Crippen molar-refractivity contribution in [2.75, 3.05) is 13.1 Å². The Bertz CT molecular complexity index is 1540. The average Bonchev–Trinajstić information content (AvgIpc) is 3.66. The molecule has 1 atom stereocenters. The maximum atomic E-state index is 14.1. The minimum Gasteiger partial charge on any atom is -0.387 e. The number of carbonyl (C=O) groups excluding carboxylic acids is 1. The minimum atomic E-state index is -0.814. The molecule has 2 aromatic carbocycles. The second-order valence-corrected chi connectivity index (χ2v) is 11.0. The van der Waals surface area contributed by atoms with Crippen LogP contribution in [-0.2, 0) is 16.2 Å². The van der Waals surface area contributed by atoms with E-state index < -0.39 is 17.7 Å². The van der Waals surface area contributed by atoms with Gasteiger partial charge >= 0.3 is 0 Å². The van der Waals surface area contributed by atoms with E-state index >= 15 is 0 Å². The molecule has 0 bridgehead atoms. The molecule has 6 rings (SSSR count). The Labute approximate surface area is 230 Å². The van der Waals surface area contributed by atoms with Crippen molar-refractivity contribution in [3.63, 3.8) is 0 Å². The SMILES string of the molecule is O=C(Cn1cnc2cc(Cl)c(Cl)cc21)N1CCC(c2nc(C3=NOC(c4c(F)cccc4F)C3)cs2)CC1. The van der Waals surface area contributed by atoms with Gasteiger partial charge in [-0.1, -0.05) is 34.4 Å². The first-order valence-electron chi connectivity index (χ1n) is 12.1. The number of nitrogens with zero attached hydrogens (tertiary/aromatic N) is 5. The van der Waals surface area contributed by atoms with Gasteiger partial charge in [-0.2, -0.15) is 0 Å². The van der Waals surface area contributed by atoms with Crippen molar-refractivity contribution < 1.29 is 18.4 Å². The van der Waals surface area contributed by atoms with E-state index in [1.807, 2.05) is 10.3 Å². The number of hydrogen-bond acceptors (Lipinski definition) is 6. The van der Waals surface area contributed by atoms with Crippen LogP contribution in [0.25, 0.3) is 11.0 Å². The number of thiazole rings is 1. The van der Waals surface area contributed by atoms with Crippen LogP contribution >= 0.6 is 34.5 Å². The largest absolute Gasteiger partial charge is 0.387 e. The molecular formula is C26H21Cl2F2N5O2S. The molecule has 4 aromatic rings. The fraction of sp³-hybridized carbons (Fsp3) is 0.308. The van der Waals surface area contributed by atoms with Gasteiger partial charge in [0.2, 0.25) is 5.91 Å². The molecule has 0 spiro atoms. The molecule has 196 valence electrons. The number of fused-ring (bicyclic) bond motifs is 1. The Hall–Kier alpha value is -3.08. The highest BCUT2D eigenvalue weighted by atomic mass is 35.5. The highest BCUT2D eigenvalue weighted by molar-refractivity contribution is 7.10. The summed E-state index contributed by atoms with van der Waals surface area (Å²) in [4.78, 5) is 29.3. The number of rotatable bonds is 5. The summed E-state index contributed by atoms with van der Waals surface area (Å²) < 4.78 is 30.1. The Morgan fingerprint density at radius 2 is 1.87 bits per heavy atom. The number of likely N-dealkylation sites (tertiary alicyclic amines) is 1. The zero-order valence-electron chi connectivity index (χ0n) is 19.9. The van der Waals surface area contributed by atoms with Crippen LogP contribution in [0.4, 0.5) is 8.78 Å². The van der Waals surface area contributed by atoms with Crippen LogP contribution in [0.5, 0.6) is 0 Å². The Morgan fingerprint density at radius 3 is 2.63 bits per heavy atom. The molecule has 0 N–H and O–H groups in total. The van der Waals surface area contributed by atoms with Crippen LogP contribution in [-0.4, -0.2) is 44.1 Å². The predicted octanol–water partition coefficient (Wildman–Crippen LogP) is 6.35. The van der Waals surface area contributed by atoms with Gasteiger partial charge in [0.25, 0.3) is 0 Å². The van der Waals surface area contributed by atoms with Crippen LogP contribution in [0, 0.1) is 11.6 Å². The van der Waals surface area contributed by atoms with Crippen molar-refractivity contribution in [2.45, 2.75) is 37.8 Å². The zero-order chi connectivity index (χ0) is 26.4. The monoisotopic (exact) mass is 575 g/mol. The van der Waals surface area contributed by atoms with Gasteiger partial charge in [0, 0.05) is 30.8 Å². The number of aromatic nitrogens is 3. The highest BCUT2D eigenvalue weighted by Gasteiger charge is 2.31. The number of oxime groups is 1. The maximum absolute atomic E-state index is 14.1. The average molecular weight is 576 g/mol. The molecule has 0 radical (unpaired) electrons. The normalized spacial score (nSPS) is 18.2. The van der Waals surface area contributed by atoms with E-state index in [-0.39, 0.29) is 30.4 Å². The van der Waals surface area contributed by atoms with Crippen LogP contribution in [0.15, 0.2) is 47.2 Å². The first-order valence-corrected chi connectivity index (χ1v) is 13.7. The van der Waals surface area contributed by atoms with Crippen LogP contribution in [0.3, 0.4) is 0 Å². The predicted molar refractivity (Wildman–Crippen MR) is 142 cm³/mol. The Morgan fingerprint density at radius 1 is 1.13 bits per heavy atom. The van der Waals surface area contributed by atoms with E-state index in [1.54, 1.807) is 23.0 Å². The van der Waals surface area contributed by atoms with Gasteiger partial charge in [0.15, 0.2) is 6.10 Å². The van der Waals surface area contributed by atoms with Gasteiger partial charge in [0.1, 0.15) is 23.9 Å². The van der Waals surface area contributed by atoms with Crippen molar-refractivity contribution in [1.29, 1.82) is 0 Å². The molecule has 2 aliphatic heterocycles. The minimum absolute atomic E-state index is 0.0116. The summed E-state index contributed by atoms with van der Waals surface area (Å²) in [6, 6.07) is 7.15. The summed E-state index contributed by atoms with van der Waals surface area (Å²) in [5, 5.41) is 7.76. The van der Waals surface area contributed by atoms with Crippen LogP contribution in [0.2, 0.25) is 10.0 Å². The highest BCUT2D eigenvalue weighted by Crippen LogP contribution is 2.35. The van der Waals surface area contributed by atoms with E-state index in [9.17, 15) is 13.6 Å². The summed E-state index contributed by atoms with van der Waals surface area (Å²) in [5.41, 5.74) is 2.56. The molecule has 1 fully saturated rings. The van der Waals surface area contributed by atoms with Gasteiger partial charge in [0.05, 0.1) is 43.7 Å².